The first-order chi connectivity index (χ1) is 20.6. The fourth-order valence-corrected chi connectivity index (χ4v) is 8.33. The molecule has 0 aliphatic heterocycles. The number of amides is 2. The molecule has 0 fully saturated rings. The molecule has 0 radical (unpaired) electrons. The van der Waals surface area contributed by atoms with Gasteiger partial charge in [-0.3, -0.25) is 14.0 Å². The van der Waals surface area contributed by atoms with E-state index in [1.165, 1.54) is 35.5 Å². The number of alkyl carbamates (subject to hydrolysis) is 1. The molecule has 1 atom stereocenters. The first-order valence-corrected chi connectivity index (χ1v) is 22.0. The zero-order valence-electron chi connectivity index (χ0n) is 23.4. The van der Waals surface area contributed by atoms with Gasteiger partial charge in [0.15, 0.2) is 0 Å². The molecule has 2 amide bonds. The van der Waals surface area contributed by atoms with Gasteiger partial charge in [-0.15, -0.1) is 70.6 Å². The molecule has 12 nitrogen and oxygen atoms in total. The van der Waals surface area contributed by atoms with Crippen LogP contribution < -0.4 is 10.6 Å². The average Bonchev–Trinajstić information content (AvgIpc) is 2.98. The Morgan fingerprint density at radius 3 is 2.10 bits per heavy atom. The number of carbonyl (C=O) groups excluding carboxylic acids is 2. The highest BCUT2D eigenvalue weighted by Gasteiger charge is 2.02. The number of ether oxygens (including phenoxy) is 1. The van der Waals surface area contributed by atoms with E-state index in [-0.39, 0.29) is 24.4 Å². The minimum atomic E-state index is -1.11. The Kier molecular flexibility index (Phi) is 36.1. The first-order valence-electron chi connectivity index (χ1n) is 12.7. The van der Waals surface area contributed by atoms with Crippen molar-refractivity contribution in [3.05, 3.63) is 0 Å². The Hall–Kier alpha value is 0.360. The fourth-order valence-electron chi connectivity index (χ4n) is 2.02. The molecule has 0 aliphatic carbocycles. The van der Waals surface area contributed by atoms with Crippen LogP contribution in [0, 0.1) is 0 Å². The van der Waals surface area contributed by atoms with Crippen molar-refractivity contribution in [2.45, 2.75) is 12.8 Å². The zero-order chi connectivity index (χ0) is 30.8. The lowest BCUT2D eigenvalue weighted by Crippen LogP contribution is -2.24. The molecular formula is C22H42N4O8S8. The highest BCUT2D eigenvalue weighted by molar-refractivity contribution is 8.13. The van der Waals surface area contributed by atoms with Crippen LogP contribution in [-0.4, -0.2) is 132 Å². The number of hydrogen-bond acceptors (Lipinski definition) is 17. The molecule has 0 aromatic heterocycles. The Labute approximate surface area is 281 Å². The van der Waals surface area contributed by atoms with Crippen molar-refractivity contribution in [1.82, 2.24) is 10.6 Å². The van der Waals surface area contributed by atoms with Crippen LogP contribution >= 0.6 is 82.3 Å². The monoisotopic (exact) mass is 746 g/mol. The SMILES string of the molecule is O=C(NCSCCSCN=CS(=O)CCCO)OCSCCSCOOC=NCSCCSCNC(=O)SCCCO. The van der Waals surface area contributed by atoms with Crippen LogP contribution in [-0.2, 0) is 25.3 Å². The van der Waals surface area contributed by atoms with E-state index >= 15 is 0 Å². The summed E-state index contributed by atoms with van der Waals surface area (Å²) in [7, 11) is -1.11. The van der Waals surface area contributed by atoms with Gasteiger partial charge < -0.3 is 30.5 Å². The number of nitrogens with one attached hydrogen (secondary N) is 2. The van der Waals surface area contributed by atoms with Crippen molar-refractivity contribution in [1.29, 1.82) is 0 Å². The van der Waals surface area contributed by atoms with Crippen molar-refractivity contribution in [2.75, 3.05) is 94.6 Å². The highest BCUT2D eigenvalue weighted by atomic mass is 32.2. The Morgan fingerprint density at radius 2 is 1.38 bits per heavy atom. The molecule has 0 spiro atoms. The van der Waals surface area contributed by atoms with E-state index in [0.29, 0.717) is 53.8 Å². The zero-order valence-corrected chi connectivity index (χ0v) is 29.9. The molecule has 20 heteroatoms. The molecule has 0 heterocycles. The van der Waals surface area contributed by atoms with Crippen LogP contribution in [0.25, 0.3) is 0 Å². The Balaban J connectivity index is 3.30. The number of thioether (sulfide) groups is 7. The number of nitrogens with zero attached hydrogens (tertiary/aromatic N) is 2. The largest absolute Gasteiger partial charge is 0.438 e. The molecule has 0 rings (SSSR count). The molecule has 246 valence electrons. The first kappa shape index (κ1) is 42.4. The standard InChI is InChI=1S/C22H42N4O8S8/c27-3-1-5-41-22(30)26-17-38-9-6-35-14-23-13-33-34-20-40-11-10-39-19-32-21(29)25-16-37-8-7-36-15-24-18-42(31)12-2-4-28/h13,18,27-28H,1-12,14-17,19-20H2,(H,25,29)(H,26,30). The summed E-state index contributed by atoms with van der Waals surface area (Å²) in [4.78, 5) is 41.2. The van der Waals surface area contributed by atoms with Crippen LogP contribution in [0.3, 0.4) is 0 Å². The predicted molar refractivity (Wildman–Crippen MR) is 190 cm³/mol. The quantitative estimate of drug-likeness (QED) is 0.0209. The molecule has 0 aromatic rings. The minimum Gasteiger partial charge on any atom is -0.438 e. The summed E-state index contributed by atoms with van der Waals surface area (Å²) in [6, 6.07) is 0. The third kappa shape index (κ3) is 34.8. The summed E-state index contributed by atoms with van der Waals surface area (Å²) < 4.78 is 16.6. The lowest BCUT2D eigenvalue weighted by atomic mass is 10.5. The van der Waals surface area contributed by atoms with Gasteiger partial charge in [0, 0.05) is 59.2 Å². The lowest BCUT2D eigenvalue weighted by molar-refractivity contribution is -0.196. The second-order valence-electron chi connectivity index (χ2n) is 7.18. The van der Waals surface area contributed by atoms with Gasteiger partial charge >= 0.3 is 6.09 Å². The van der Waals surface area contributed by atoms with E-state index in [1.807, 2.05) is 0 Å². The molecule has 0 saturated heterocycles. The van der Waals surface area contributed by atoms with Gasteiger partial charge in [0.25, 0.3) is 5.24 Å². The molecular weight excluding hydrogens is 705 g/mol. The van der Waals surface area contributed by atoms with Crippen molar-refractivity contribution in [2.24, 2.45) is 9.98 Å². The maximum Gasteiger partial charge on any atom is 0.408 e. The molecule has 1 unspecified atom stereocenters. The van der Waals surface area contributed by atoms with Crippen LogP contribution in [0.1, 0.15) is 12.8 Å². The van der Waals surface area contributed by atoms with E-state index < -0.39 is 16.9 Å². The maximum atomic E-state index is 11.7. The van der Waals surface area contributed by atoms with Gasteiger partial charge in [0.05, 0.1) is 39.9 Å². The summed E-state index contributed by atoms with van der Waals surface area (Å²) >= 11 is 10.8. The van der Waals surface area contributed by atoms with E-state index in [1.54, 1.807) is 58.8 Å². The summed E-state index contributed by atoms with van der Waals surface area (Å²) in [5.41, 5.74) is 1.44. The maximum absolute atomic E-state index is 11.7. The fraction of sp³-hybridized carbons (Fsp3) is 0.818. The van der Waals surface area contributed by atoms with Gasteiger partial charge in [-0.05, 0) is 12.8 Å². The summed E-state index contributed by atoms with van der Waals surface area (Å²) in [6.07, 6.45) is 1.98. The van der Waals surface area contributed by atoms with E-state index in [4.69, 9.17) is 24.7 Å². The van der Waals surface area contributed by atoms with Crippen molar-refractivity contribution in [3.63, 3.8) is 0 Å². The van der Waals surface area contributed by atoms with Gasteiger partial charge in [0.1, 0.15) is 11.9 Å². The normalized spacial score (nSPS) is 12.1. The third-order valence-electron chi connectivity index (χ3n) is 3.91. The number of aliphatic imine (C=N–C) groups is 2. The van der Waals surface area contributed by atoms with Crippen LogP contribution in [0.4, 0.5) is 9.59 Å². The van der Waals surface area contributed by atoms with Crippen molar-refractivity contribution < 1.29 is 38.5 Å². The molecule has 0 aromatic carbocycles. The predicted octanol–water partition coefficient (Wildman–Crippen LogP) is 3.82. The smallest absolute Gasteiger partial charge is 0.408 e. The van der Waals surface area contributed by atoms with Gasteiger partial charge in [0.2, 0.25) is 6.40 Å². The number of rotatable bonds is 30. The molecule has 0 aliphatic rings. The summed E-state index contributed by atoms with van der Waals surface area (Å²) in [5, 5.41) is 22.8. The highest BCUT2D eigenvalue weighted by Crippen LogP contribution is 2.10. The molecule has 4 N–H and O–H groups in total. The summed E-state index contributed by atoms with van der Waals surface area (Å²) in [5.74, 6) is 9.03. The van der Waals surface area contributed by atoms with Crippen molar-refractivity contribution in [3.8, 4) is 0 Å². The van der Waals surface area contributed by atoms with Gasteiger partial charge in [-0.2, -0.15) is 4.89 Å². The summed E-state index contributed by atoms with van der Waals surface area (Å²) in [6.45, 7) is 0.144. The number of hydrogen-bond donors (Lipinski definition) is 4. The third-order valence-corrected chi connectivity index (χ3v) is 11.5. The minimum absolute atomic E-state index is 0.0393. The van der Waals surface area contributed by atoms with E-state index in [9.17, 15) is 13.8 Å². The lowest BCUT2D eigenvalue weighted by Gasteiger charge is -2.06. The van der Waals surface area contributed by atoms with Crippen molar-refractivity contribution >= 4 is 116 Å². The number of aliphatic hydroxyl groups excluding tert-OH is 2. The average molecular weight is 747 g/mol. The van der Waals surface area contributed by atoms with Crippen LogP contribution in [0.5, 0.6) is 0 Å². The molecule has 0 saturated carbocycles. The van der Waals surface area contributed by atoms with E-state index in [0.717, 1.165) is 34.5 Å². The molecule has 42 heavy (non-hydrogen) atoms. The number of carbonyl (C=O) groups is 2. The topological polar surface area (TPSA) is 168 Å². The second-order valence-corrected chi connectivity index (χ2v) is 16.1. The van der Waals surface area contributed by atoms with Gasteiger partial charge in [-0.25, -0.2) is 9.79 Å². The Bertz CT molecular complexity index is 732. The second kappa shape index (κ2) is 35.8. The van der Waals surface area contributed by atoms with Crippen LogP contribution in [0.2, 0.25) is 0 Å². The number of aliphatic hydroxyl groups is 2. The van der Waals surface area contributed by atoms with E-state index in [2.05, 4.69) is 20.6 Å². The van der Waals surface area contributed by atoms with Gasteiger partial charge in [-0.1, -0.05) is 11.8 Å². The van der Waals surface area contributed by atoms with Crippen LogP contribution in [0.15, 0.2) is 9.98 Å². The molecule has 0 bridgehead atoms. The Morgan fingerprint density at radius 1 is 0.762 bits per heavy atom.